The van der Waals surface area contributed by atoms with Crippen molar-refractivity contribution in [3.05, 3.63) is 0 Å². The zero-order valence-electron chi connectivity index (χ0n) is 11.6. The lowest BCUT2D eigenvalue weighted by Gasteiger charge is -2.35. The highest BCUT2D eigenvalue weighted by Gasteiger charge is 2.44. The van der Waals surface area contributed by atoms with E-state index in [1.54, 1.807) is 11.9 Å². The van der Waals surface area contributed by atoms with E-state index in [0.29, 0.717) is 12.8 Å². The minimum absolute atomic E-state index is 0.0188. The number of oxime groups is 1. The highest BCUT2D eigenvalue weighted by Crippen LogP contribution is 2.37. The molecule has 0 aromatic carbocycles. The maximum Gasteiger partial charge on any atom is 0.236 e. The fourth-order valence-corrected chi connectivity index (χ4v) is 2.58. The van der Waals surface area contributed by atoms with Gasteiger partial charge in [-0.3, -0.25) is 4.79 Å². The zero-order chi connectivity index (χ0) is 13.8. The number of carbonyl (C=O) groups is 1. The number of amides is 1. The van der Waals surface area contributed by atoms with Gasteiger partial charge in [-0.2, -0.15) is 0 Å². The van der Waals surface area contributed by atoms with E-state index in [4.69, 9.17) is 10.9 Å². The van der Waals surface area contributed by atoms with Gasteiger partial charge in [-0.1, -0.05) is 30.8 Å². The molecule has 5 nitrogen and oxygen atoms in total. The number of nitrogens with zero attached hydrogens (tertiary/aromatic N) is 2. The molecule has 0 heterocycles. The quantitative estimate of drug-likeness (QED) is 0.266. The summed E-state index contributed by atoms with van der Waals surface area (Å²) in [6, 6.07) is 0.115. The second kappa shape index (κ2) is 6.07. The molecule has 18 heavy (non-hydrogen) atoms. The van der Waals surface area contributed by atoms with E-state index >= 15 is 0 Å². The molecular weight excluding hydrogens is 230 g/mol. The van der Waals surface area contributed by atoms with Gasteiger partial charge in [0.1, 0.15) is 5.41 Å². The lowest BCUT2D eigenvalue weighted by Crippen LogP contribution is -2.51. The van der Waals surface area contributed by atoms with Crippen LogP contribution in [0, 0.1) is 5.41 Å². The van der Waals surface area contributed by atoms with Crippen LogP contribution >= 0.6 is 0 Å². The molecule has 1 saturated carbocycles. The van der Waals surface area contributed by atoms with Gasteiger partial charge in [0.05, 0.1) is 0 Å². The molecule has 1 aliphatic rings. The van der Waals surface area contributed by atoms with Crippen LogP contribution < -0.4 is 5.73 Å². The molecule has 1 rings (SSSR count). The van der Waals surface area contributed by atoms with Gasteiger partial charge in [0.25, 0.3) is 0 Å². The first-order valence-corrected chi connectivity index (χ1v) is 6.71. The molecule has 5 heteroatoms. The van der Waals surface area contributed by atoms with Crippen LogP contribution in [0.3, 0.4) is 0 Å². The van der Waals surface area contributed by atoms with Crippen molar-refractivity contribution in [3.8, 4) is 0 Å². The van der Waals surface area contributed by atoms with Crippen molar-refractivity contribution >= 4 is 11.7 Å². The van der Waals surface area contributed by atoms with Crippen LogP contribution in [0.25, 0.3) is 0 Å². The van der Waals surface area contributed by atoms with Crippen molar-refractivity contribution in [3.63, 3.8) is 0 Å². The van der Waals surface area contributed by atoms with E-state index in [9.17, 15) is 4.79 Å². The molecule has 0 aliphatic heterocycles. The van der Waals surface area contributed by atoms with Crippen LogP contribution in [0.4, 0.5) is 0 Å². The fourth-order valence-electron chi connectivity index (χ4n) is 2.58. The van der Waals surface area contributed by atoms with Crippen LogP contribution in [0.1, 0.15) is 52.4 Å². The van der Waals surface area contributed by atoms with Gasteiger partial charge >= 0.3 is 0 Å². The Kier molecular flexibility index (Phi) is 4.99. The SMILES string of the molecule is CC(C)N(C)C(=O)C1(C(N)=NO)CCCCCC1. The standard InChI is InChI=1S/C13H25N3O2/c1-10(2)16(3)12(17)13(11(14)15-18)8-6-4-5-7-9-13/h10,18H,4-9H2,1-3H3,(H2,14,15). The Morgan fingerprint density at radius 1 is 1.28 bits per heavy atom. The Morgan fingerprint density at radius 3 is 2.17 bits per heavy atom. The second-order valence-corrected chi connectivity index (χ2v) is 5.49. The third-order valence-corrected chi connectivity index (χ3v) is 4.06. The smallest absolute Gasteiger partial charge is 0.236 e. The van der Waals surface area contributed by atoms with Crippen LogP contribution in [0.5, 0.6) is 0 Å². The molecule has 1 aliphatic carbocycles. The minimum atomic E-state index is -0.801. The highest BCUT2D eigenvalue weighted by molar-refractivity contribution is 6.06. The van der Waals surface area contributed by atoms with Crippen molar-refractivity contribution in [1.82, 2.24) is 4.90 Å². The Balaban J connectivity index is 3.07. The zero-order valence-corrected chi connectivity index (χ0v) is 11.6. The number of carbonyl (C=O) groups excluding carboxylic acids is 1. The number of amidine groups is 1. The van der Waals surface area contributed by atoms with Gasteiger partial charge in [-0.05, 0) is 26.7 Å². The lowest BCUT2D eigenvalue weighted by atomic mass is 9.77. The van der Waals surface area contributed by atoms with Gasteiger partial charge in [0.15, 0.2) is 5.84 Å². The molecule has 0 saturated heterocycles. The summed E-state index contributed by atoms with van der Waals surface area (Å²) in [4.78, 5) is 14.4. The molecule has 3 N–H and O–H groups in total. The number of rotatable bonds is 3. The lowest BCUT2D eigenvalue weighted by molar-refractivity contribution is -0.139. The molecule has 0 unspecified atom stereocenters. The monoisotopic (exact) mass is 255 g/mol. The average Bonchev–Trinajstić information content (AvgIpc) is 2.62. The predicted octanol–water partition coefficient (Wildman–Crippen LogP) is 1.94. The Morgan fingerprint density at radius 2 is 1.78 bits per heavy atom. The Hall–Kier alpha value is -1.26. The van der Waals surface area contributed by atoms with E-state index in [2.05, 4.69) is 5.16 Å². The molecule has 0 radical (unpaired) electrons. The minimum Gasteiger partial charge on any atom is -0.409 e. The number of hydrogen-bond acceptors (Lipinski definition) is 3. The van der Waals surface area contributed by atoms with Crippen LogP contribution in [-0.4, -0.2) is 34.9 Å². The molecule has 104 valence electrons. The first-order chi connectivity index (χ1) is 8.45. The van der Waals surface area contributed by atoms with Gasteiger partial charge in [-0.25, -0.2) is 0 Å². The highest BCUT2D eigenvalue weighted by atomic mass is 16.4. The van der Waals surface area contributed by atoms with Crippen LogP contribution in [0.2, 0.25) is 0 Å². The third-order valence-electron chi connectivity index (χ3n) is 4.06. The first kappa shape index (κ1) is 14.8. The summed E-state index contributed by atoms with van der Waals surface area (Å²) in [5.41, 5.74) is 5.04. The molecule has 0 aromatic rings. The van der Waals surface area contributed by atoms with E-state index in [1.165, 1.54) is 0 Å². The summed E-state index contributed by atoms with van der Waals surface area (Å²) in [6.45, 7) is 3.93. The van der Waals surface area contributed by atoms with E-state index in [1.807, 2.05) is 13.8 Å². The first-order valence-electron chi connectivity index (χ1n) is 6.71. The number of nitrogens with two attached hydrogens (primary N) is 1. The number of hydrogen-bond donors (Lipinski definition) is 2. The summed E-state index contributed by atoms with van der Waals surface area (Å²) in [7, 11) is 1.78. The summed E-state index contributed by atoms with van der Waals surface area (Å²) in [5.74, 6) is 0.0524. The molecule has 0 spiro atoms. The fraction of sp³-hybridized carbons (Fsp3) is 0.846. The summed E-state index contributed by atoms with van der Waals surface area (Å²) in [6.07, 6.45) is 5.48. The van der Waals surface area contributed by atoms with Crippen molar-refractivity contribution in [2.24, 2.45) is 16.3 Å². The van der Waals surface area contributed by atoms with E-state index in [0.717, 1.165) is 25.7 Å². The molecule has 0 atom stereocenters. The van der Waals surface area contributed by atoms with Gasteiger partial charge in [0.2, 0.25) is 5.91 Å². The van der Waals surface area contributed by atoms with E-state index < -0.39 is 5.41 Å². The molecule has 1 fully saturated rings. The van der Waals surface area contributed by atoms with E-state index in [-0.39, 0.29) is 17.8 Å². The van der Waals surface area contributed by atoms with Crippen LogP contribution in [0.15, 0.2) is 5.16 Å². The maximum absolute atomic E-state index is 12.7. The van der Waals surface area contributed by atoms with Crippen molar-refractivity contribution in [2.45, 2.75) is 58.4 Å². The van der Waals surface area contributed by atoms with Crippen LogP contribution in [-0.2, 0) is 4.79 Å². The largest absolute Gasteiger partial charge is 0.409 e. The normalized spacial score (nSPS) is 20.6. The molecule has 0 aromatic heterocycles. The molecular formula is C13H25N3O2. The summed E-state index contributed by atoms with van der Waals surface area (Å²) >= 11 is 0. The Labute approximate surface area is 109 Å². The summed E-state index contributed by atoms with van der Waals surface area (Å²) < 4.78 is 0. The van der Waals surface area contributed by atoms with Gasteiger partial charge < -0.3 is 15.8 Å². The predicted molar refractivity (Wildman–Crippen MR) is 71.4 cm³/mol. The molecule has 1 amide bonds. The topological polar surface area (TPSA) is 78.9 Å². The maximum atomic E-state index is 12.7. The second-order valence-electron chi connectivity index (χ2n) is 5.49. The third kappa shape index (κ3) is 2.76. The van der Waals surface area contributed by atoms with Crippen molar-refractivity contribution in [1.29, 1.82) is 0 Å². The summed E-state index contributed by atoms with van der Waals surface area (Å²) in [5, 5.41) is 12.1. The molecule has 0 bridgehead atoms. The van der Waals surface area contributed by atoms with Crippen molar-refractivity contribution in [2.75, 3.05) is 7.05 Å². The Bertz CT molecular complexity index is 318. The average molecular weight is 255 g/mol. The van der Waals surface area contributed by atoms with Gasteiger partial charge in [-0.15, -0.1) is 0 Å². The van der Waals surface area contributed by atoms with Crippen molar-refractivity contribution < 1.29 is 10.0 Å². The van der Waals surface area contributed by atoms with Gasteiger partial charge in [0, 0.05) is 13.1 Å².